The van der Waals surface area contributed by atoms with Gasteiger partial charge in [0, 0.05) is 0 Å². The fraction of sp³-hybridized carbons (Fsp3) is 0.861. The number of nitrogens with zero attached hydrogens (tertiary/aromatic N) is 1. The molecule has 0 heterocycles. The number of carboxylic acid groups (broad SMARTS) is 3. The number of rotatable bonds is 31. The first-order valence-electron chi connectivity index (χ1n) is 17.7. The van der Waals surface area contributed by atoms with Gasteiger partial charge in [-0.2, -0.15) is 0 Å². The van der Waals surface area contributed by atoms with Gasteiger partial charge in [0.1, 0.15) is 17.8 Å². The van der Waals surface area contributed by atoms with Crippen LogP contribution in [0.15, 0.2) is 12.2 Å². The molecule has 0 saturated carbocycles. The van der Waals surface area contributed by atoms with Crippen molar-refractivity contribution in [2.45, 2.75) is 156 Å². The van der Waals surface area contributed by atoms with Gasteiger partial charge in [-0.15, -0.1) is 0 Å². The summed E-state index contributed by atoms with van der Waals surface area (Å²) in [7, 11) is 0. The van der Waals surface area contributed by atoms with Crippen molar-refractivity contribution >= 4 is 17.9 Å². The van der Waals surface area contributed by atoms with Crippen LogP contribution in [0, 0.1) is 17.8 Å². The van der Waals surface area contributed by atoms with Crippen molar-refractivity contribution in [2.24, 2.45) is 17.8 Å². The predicted octanol–water partition coefficient (Wildman–Crippen LogP) is 9.34. The lowest BCUT2D eigenvalue weighted by molar-refractivity contribution is -0.934. The smallest absolute Gasteiger partial charge is 0.311 e. The normalized spacial score (nSPS) is 15.3. The van der Waals surface area contributed by atoms with Crippen LogP contribution in [0.5, 0.6) is 0 Å². The monoisotopic (exact) mass is 611 g/mol. The van der Waals surface area contributed by atoms with E-state index >= 15 is 0 Å². The van der Waals surface area contributed by atoms with Crippen molar-refractivity contribution in [1.29, 1.82) is 0 Å². The predicted molar refractivity (Wildman–Crippen MR) is 177 cm³/mol. The Morgan fingerprint density at radius 2 is 0.767 bits per heavy atom. The summed E-state index contributed by atoms with van der Waals surface area (Å²) in [6.07, 6.45) is 30.0. The fourth-order valence-corrected chi connectivity index (χ4v) is 6.23. The van der Waals surface area contributed by atoms with E-state index in [1.807, 2.05) is 0 Å². The molecule has 0 aliphatic carbocycles. The summed E-state index contributed by atoms with van der Waals surface area (Å²) in [5, 5.41) is 28.6. The zero-order valence-corrected chi connectivity index (χ0v) is 28.4. The molecule has 43 heavy (non-hydrogen) atoms. The SMILES string of the molecule is CCCCCCCCC/C=C/CCCCCCCCCCCCC[N+](CC(C)C(=O)O)(CC(C)C(=O)O)CC(C)C(=O)O. The second-order valence-corrected chi connectivity index (χ2v) is 13.4. The van der Waals surface area contributed by atoms with Crippen LogP contribution in [-0.2, 0) is 14.4 Å². The first-order chi connectivity index (χ1) is 20.5. The van der Waals surface area contributed by atoms with E-state index in [0.717, 1.165) is 19.3 Å². The third kappa shape index (κ3) is 23.2. The van der Waals surface area contributed by atoms with Gasteiger partial charge >= 0.3 is 17.9 Å². The van der Waals surface area contributed by atoms with Crippen LogP contribution in [0.1, 0.15) is 156 Å². The van der Waals surface area contributed by atoms with Gasteiger partial charge in [0.05, 0.1) is 26.2 Å². The Hall–Kier alpha value is -1.89. The molecular weight excluding hydrogens is 542 g/mol. The van der Waals surface area contributed by atoms with Crippen LogP contribution in [0.2, 0.25) is 0 Å². The van der Waals surface area contributed by atoms with Crippen molar-refractivity contribution in [1.82, 2.24) is 0 Å². The fourth-order valence-electron chi connectivity index (χ4n) is 6.23. The molecule has 0 fully saturated rings. The van der Waals surface area contributed by atoms with E-state index in [1.165, 1.54) is 109 Å². The number of hydrogen-bond acceptors (Lipinski definition) is 3. The van der Waals surface area contributed by atoms with E-state index < -0.39 is 35.7 Å². The van der Waals surface area contributed by atoms with Crippen molar-refractivity contribution < 1.29 is 34.2 Å². The summed E-state index contributed by atoms with van der Waals surface area (Å²) in [4.78, 5) is 34.9. The highest BCUT2D eigenvalue weighted by atomic mass is 16.4. The molecule has 252 valence electrons. The Bertz CT molecular complexity index is 697. The lowest BCUT2D eigenvalue weighted by Gasteiger charge is -2.42. The number of unbranched alkanes of at least 4 members (excludes halogenated alkanes) is 18. The molecule has 0 aromatic heterocycles. The molecular formula is C36H68NO6+. The van der Waals surface area contributed by atoms with Crippen molar-refractivity contribution in [3.05, 3.63) is 12.2 Å². The average molecular weight is 611 g/mol. The Morgan fingerprint density at radius 3 is 1.07 bits per heavy atom. The molecule has 0 bridgehead atoms. The lowest BCUT2D eigenvalue weighted by Crippen LogP contribution is -2.57. The standard InChI is InChI=1S/C36H67NO6/c1-5-6-7-8-9-10-11-12-13-14-15-16-17-18-19-20-21-22-23-24-25-26-27-37(28-31(2)34(38)39,29-32(3)35(40)41)30-33(4)36(42)43/h13-14,31-33H,5-12,15-30H2,1-4H3,(H2-,38,39,40,41,42,43)/p+1/b14-13+. The summed E-state index contributed by atoms with van der Waals surface area (Å²) in [5.41, 5.74) is 0. The maximum Gasteiger partial charge on any atom is 0.311 e. The Labute approximate surface area is 264 Å². The highest BCUT2D eigenvalue weighted by molar-refractivity contribution is 5.70. The topological polar surface area (TPSA) is 112 Å². The zero-order valence-electron chi connectivity index (χ0n) is 28.4. The van der Waals surface area contributed by atoms with Gasteiger partial charge in [-0.3, -0.25) is 14.4 Å². The molecule has 0 aliphatic heterocycles. The molecule has 3 atom stereocenters. The molecule has 0 amide bonds. The quantitative estimate of drug-likeness (QED) is 0.0410. The minimum Gasteiger partial charge on any atom is -0.481 e. The van der Waals surface area contributed by atoms with Crippen molar-refractivity contribution in [3.63, 3.8) is 0 Å². The van der Waals surface area contributed by atoms with Crippen LogP contribution < -0.4 is 0 Å². The van der Waals surface area contributed by atoms with Crippen molar-refractivity contribution in [2.75, 3.05) is 26.2 Å². The third-order valence-corrected chi connectivity index (χ3v) is 8.89. The minimum absolute atomic E-state index is 0.226. The molecule has 7 nitrogen and oxygen atoms in total. The largest absolute Gasteiger partial charge is 0.481 e. The van der Waals surface area contributed by atoms with Gasteiger partial charge in [-0.1, -0.05) is 109 Å². The van der Waals surface area contributed by atoms with Crippen LogP contribution in [0.25, 0.3) is 0 Å². The Kier molecular flexibility index (Phi) is 25.3. The average Bonchev–Trinajstić information content (AvgIpc) is 2.95. The summed E-state index contributed by atoms with van der Waals surface area (Å²) >= 11 is 0. The molecule has 0 radical (unpaired) electrons. The molecule has 0 saturated heterocycles. The van der Waals surface area contributed by atoms with Crippen LogP contribution in [-0.4, -0.2) is 63.9 Å². The van der Waals surface area contributed by atoms with E-state index in [2.05, 4.69) is 19.1 Å². The summed E-state index contributed by atoms with van der Waals surface area (Å²) < 4.78 is 0.226. The highest BCUT2D eigenvalue weighted by Crippen LogP contribution is 2.22. The Morgan fingerprint density at radius 1 is 0.488 bits per heavy atom. The molecule has 3 unspecified atom stereocenters. The van der Waals surface area contributed by atoms with Crippen molar-refractivity contribution in [3.8, 4) is 0 Å². The maximum atomic E-state index is 11.6. The molecule has 0 spiro atoms. The highest BCUT2D eigenvalue weighted by Gasteiger charge is 2.38. The summed E-state index contributed by atoms with van der Waals surface area (Å²) in [6.45, 7) is 8.51. The number of aliphatic carboxylic acids is 3. The van der Waals surface area contributed by atoms with Crippen LogP contribution in [0.4, 0.5) is 0 Å². The second kappa shape index (κ2) is 26.5. The molecule has 0 aromatic carbocycles. The van der Waals surface area contributed by atoms with E-state index in [1.54, 1.807) is 20.8 Å². The van der Waals surface area contributed by atoms with Gasteiger partial charge in [0.2, 0.25) is 0 Å². The van der Waals surface area contributed by atoms with E-state index in [-0.39, 0.29) is 24.1 Å². The zero-order chi connectivity index (χ0) is 32.3. The number of allylic oxidation sites excluding steroid dienone is 2. The second-order valence-electron chi connectivity index (χ2n) is 13.4. The Balaban J connectivity index is 4.15. The molecule has 3 N–H and O–H groups in total. The number of hydrogen-bond donors (Lipinski definition) is 3. The molecule has 0 rings (SSSR count). The molecule has 7 heteroatoms. The van der Waals surface area contributed by atoms with E-state index in [4.69, 9.17) is 0 Å². The van der Waals surface area contributed by atoms with Crippen LogP contribution in [0.3, 0.4) is 0 Å². The van der Waals surface area contributed by atoms with Gasteiger partial charge in [-0.05, 0) is 59.3 Å². The van der Waals surface area contributed by atoms with Crippen LogP contribution >= 0.6 is 0 Å². The summed E-state index contributed by atoms with van der Waals surface area (Å²) in [6, 6.07) is 0. The molecule has 0 aliphatic rings. The van der Waals surface area contributed by atoms with Gasteiger partial charge in [-0.25, -0.2) is 0 Å². The van der Waals surface area contributed by atoms with E-state index in [9.17, 15) is 29.7 Å². The van der Waals surface area contributed by atoms with E-state index in [0.29, 0.717) is 6.54 Å². The number of carbonyl (C=O) groups is 3. The van der Waals surface area contributed by atoms with Gasteiger partial charge < -0.3 is 19.8 Å². The maximum absolute atomic E-state index is 11.6. The lowest BCUT2D eigenvalue weighted by atomic mass is 10.00. The number of carboxylic acids is 3. The van der Waals surface area contributed by atoms with Gasteiger partial charge in [0.15, 0.2) is 0 Å². The third-order valence-electron chi connectivity index (χ3n) is 8.89. The minimum atomic E-state index is -0.931. The summed E-state index contributed by atoms with van der Waals surface area (Å²) in [5.74, 6) is -4.80. The first-order valence-corrected chi connectivity index (χ1v) is 17.7. The molecule has 0 aromatic rings. The van der Waals surface area contributed by atoms with Gasteiger partial charge in [0.25, 0.3) is 0 Å². The number of quaternary nitrogens is 1. The first kappa shape index (κ1) is 41.1.